The van der Waals surface area contributed by atoms with Gasteiger partial charge in [0.2, 0.25) is 0 Å². The highest BCUT2D eigenvalue weighted by molar-refractivity contribution is 7.13. The van der Waals surface area contributed by atoms with Crippen LogP contribution in [0.2, 0.25) is 0 Å². The number of nitrogens with two attached hydrogens (primary N) is 1. The predicted molar refractivity (Wildman–Crippen MR) is 84.2 cm³/mol. The molecule has 1 aromatic rings. The molecule has 0 saturated carbocycles. The molecule has 1 aromatic heterocycles. The fourth-order valence-corrected chi connectivity index (χ4v) is 3.98. The highest BCUT2D eigenvalue weighted by Crippen LogP contribution is 2.31. The Morgan fingerprint density at radius 1 is 1.41 bits per heavy atom. The van der Waals surface area contributed by atoms with Gasteiger partial charge in [0, 0.05) is 50.6 Å². The number of nitrogens with zero attached hydrogens (tertiary/aromatic N) is 3. The maximum absolute atomic E-state index is 11.2. The number of aromatic nitrogens is 1. The van der Waals surface area contributed by atoms with Crippen LogP contribution in [0.4, 0.5) is 5.13 Å². The SMILES string of the molecule is NC(=O)c1csc(N2C[C@@H](CN3CCOCC3)[C@@H](CO)C2)n1. The third-order valence-electron chi connectivity index (χ3n) is 4.42. The first kappa shape index (κ1) is 15.7. The van der Waals surface area contributed by atoms with Crippen molar-refractivity contribution in [3.8, 4) is 0 Å². The van der Waals surface area contributed by atoms with E-state index in [0.717, 1.165) is 51.1 Å². The summed E-state index contributed by atoms with van der Waals surface area (Å²) in [5.41, 5.74) is 5.58. The van der Waals surface area contributed by atoms with Crippen molar-refractivity contribution >= 4 is 22.4 Å². The lowest BCUT2D eigenvalue weighted by Crippen LogP contribution is -2.41. The van der Waals surface area contributed by atoms with E-state index in [4.69, 9.17) is 10.5 Å². The number of morpholine rings is 1. The molecule has 122 valence electrons. The minimum atomic E-state index is -0.495. The molecular weight excluding hydrogens is 304 g/mol. The van der Waals surface area contributed by atoms with Gasteiger partial charge in [-0.1, -0.05) is 0 Å². The minimum Gasteiger partial charge on any atom is -0.396 e. The van der Waals surface area contributed by atoms with Crippen molar-refractivity contribution in [2.24, 2.45) is 17.6 Å². The number of aliphatic hydroxyl groups excluding tert-OH is 1. The van der Waals surface area contributed by atoms with Gasteiger partial charge in [-0.25, -0.2) is 4.98 Å². The number of rotatable bonds is 5. The Bertz CT molecular complexity index is 518. The molecule has 8 heteroatoms. The van der Waals surface area contributed by atoms with Crippen molar-refractivity contribution in [2.45, 2.75) is 0 Å². The van der Waals surface area contributed by atoms with E-state index in [1.165, 1.54) is 11.3 Å². The molecule has 2 saturated heterocycles. The Kier molecular flexibility index (Phi) is 4.92. The van der Waals surface area contributed by atoms with Crippen LogP contribution in [0.15, 0.2) is 5.38 Å². The lowest BCUT2D eigenvalue weighted by atomic mass is 9.96. The third-order valence-corrected chi connectivity index (χ3v) is 5.32. The van der Waals surface area contributed by atoms with Crippen molar-refractivity contribution in [3.63, 3.8) is 0 Å². The van der Waals surface area contributed by atoms with Crippen molar-refractivity contribution in [3.05, 3.63) is 11.1 Å². The summed E-state index contributed by atoms with van der Waals surface area (Å²) < 4.78 is 5.38. The fraction of sp³-hybridized carbons (Fsp3) is 0.714. The lowest BCUT2D eigenvalue weighted by molar-refractivity contribution is 0.0268. The van der Waals surface area contributed by atoms with Gasteiger partial charge in [-0.05, 0) is 5.92 Å². The normalized spacial score (nSPS) is 26.5. The van der Waals surface area contributed by atoms with Crippen molar-refractivity contribution in [1.29, 1.82) is 0 Å². The number of thiazole rings is 1. The van der Waals surface area contributed by atoms with E-state index in [1.54, 1.807) is 5.38 Å². The number of amides is 1. The lowest BCUT2D eigenvalue weighted by Gasteiger charge is -2.30. The van der Waals surface area contributed by atoms with E-state index in [9.17, 15) is 9.90 Å². The van der Waals surface area contributed by atoms with Gasteiger partial charge in [-0.2, -0.15) is 0 Å². The highest BCUT2D eigenvalue weighted by atomic mass is 32.1. The predicted octanol–water partition coefficient (Wildman–Crippen LogP) is -0.381. The second kappa shape index (κ2) is 6.91. The van der Waals surface area contributed by atoms with Gasteiger partial charge in [0.1, 0.15) is 5.69 Å². The zero-order valence-electron chi connectivity index (χ0n) is 12.5. The number of ether oxygens (including phenoxy) is 1. The van der Waals surface area contributed by atoms with Crippen LogP contribution in [0.5, 0.6) is 0 Å². The van der Waals surface area contributed by atoms with Gasteiger partial charge in [0.05, 0.1) is 13.2 Å². The smallest absolute Gasteiger partial charge is 0.268 e. The van der Waals surface area contributed by atoms with Crippen LogP contribution in [0.3, 0.4) is 0 Å². The summed E-state index contributed by atoms with van der Waals surface area (Å²) in [6.07, 6.45) is 0. The van der Waals surface area contributed by atoms with Crippen molar-refractivity contribution in [1.82, 2.24) is 9.88 Å². The number of hydrogen-bond acceptors (Lipinski definition) is 7. The van der Waals surface area contributed by atoms with E-state index < -0.39 is 5.91 Å². The maximum Gasteiger partial charge on any atom is 0.268 e. The van der Waals surface area contributed by atoms with Crippen LogP contribution in [0, 0.1) is 11.8 Å². The Labute approximate surface area is 133 Å². The molecule has 3 N–H and O–H groups in total. The monoisotopic (exact) mass is 326 g/mol. The van der Waals surface area contributed by atoms with Crippen LogP contribution >= 0.6 is 11.3 Å². The van der Waals surface area contributed by atoms with Gasteiger partial charge in [-0.3, -0.25) is 9.69 Å². The molecule has 2 atom stereocenters. The van der Waals surface area contributed by atoms with Gasteiger partial charge in [-0.15, -0.1) is 11.3 Å². The molecule has 0 aliphatic carbocycles. The minimum absolute atomic E-state index is 0.180. The topological polar surface area (TPSA) is 91.9 Å². The molecular formula is C14H22N4O3S. The molecule has 1 amide bonds. The Hall–Kier alpha value is -1.22. The number of hydrogen-bond donors (Lipinski definition) is 2. The van der Waals surface area contributed by atoms with E-state index in [0.29, 0.717) is 11.6 Å². The van der Waals surface area contributed by atoms with E-state index >= 15 is 0 Å². The number of anilines is 1. The summed E-state index contributed by atoms with van der Waals surface area (Å²) in [6, 6.07) is 0. The van der Waals surface area contributed by atoms with Gasteiger partial charge < -0.3 is 20.5 Å². The molecule has 0 spiro atoms. The Balaban J connectivity index is 1.64. The molecule has 3 heterocycles. The van der Waals surface area contributed by atoms with Crippen molar-refractivity contribution in [2.75, 3.05) is 57.4 Å². The van der Waals surface area contributed by atoms with Crippen LogP contribution < -0.4 is 10.6 Å². The standard InChI is InChI=1S/C14H22N4O3S/c15-13(20)12-9-22-14(16-12)18-6-10(11(7-18)8-19)5-17-1-3-21-4-2-17/h9-11,19H,1-8H2,(H2,15,20)/t10-,11-/m1/s1. The average Bonchev–Trinajstić information content (AvgIpc) is 3.14. The zero-order valence-corrected chi connectivity index (χ0v) is 13.3. The fourth-order valence-electron chi connectivity index (χ4n) is 3.15. The Morgan fingerprint density at radius 3 is 2.77 bits per heavy atom. The van der Waals surface area contributed by atoms with Gasteiger partial charge >= 0.3 is 0 Å². The first-order chi connectivity index (χ1) is 10.7. The molecule has 7 nitrogen and oxygen atoms in total. The largest absolute Gasteiger partial charge is 0.396 e. The maximum atomic E-state index is 11.2. The van der Waals surface area contributed by atoms with Crippen LogP contribution in [0.25, 0.3) is 0 Å². The molecule has 2 fully saturated rings. The highest BCUT2D eigenvalue weighted by Gasteiger charge is 2.35. The van der Waals surface area contributed by atoms with Crippen LogP contribution in [-0.2, 0) is 4.74 Å². The quantitative estimate of drug-likeness (QED) is 0.766. The first-order valence-electron chi connectivity index (χ1n) is 7.58. The molecule has 0 radical (unpaired) electrons. The molecule has 2 aliphatic rings. The number of primary amides is 1. The molecule has 22 heavy (non-hydrogen) atoms. The second-order valence-electron chi connectivity index (χ2n) is 5.90. The molecule has 0 aromatic carbocycles. The summed E-state index contributed by atoms with van der Waals surface area (Å²) in [6.45, 7) is 6.27. The first-order valence-corrected chi connectivity index (χ1v) is 8.46. The molecule has 2 aliphatic heterocycles. The van der Waals surface area contributed by atoms with Gasteiger partial charge in [0.25, 0.3) is 5.91 Å². The summed E-state index contributed by atoms with van der Waals surface area (Å²) in [4.78, 5) is 20.0. The van der Waals surface area contributed by atoms with E-state index in [-0.39, 0.29) is 12.5 Å². The van der Waals surface area contributed by atoms with E-state index in [1.807, 2.05) is 0 Å². The number of carbonyl (C=O) groups is 1. The van der Waals surface area contributed by atoms with Crippen LogP contribution in [-0.4, -0.2) is 73.4 Å². The number of carbonyl (C=O) groups excluding carboxylic acids is 1. The zero-order chi connectivity index (χ0) is 15.5. The summed E-state index contributed by atoms with van der Waals surface area (Å²) in [5.74, 6) is 0.151. The van der Waals surface area contributed by atoms with Crippen molar-refractivity contribution < 1.29 is 14.6 Å². The second-order valence-corrected chi connectivity index (χ2v) is 6.74. The Morgan fingerprint density at radius 2 is 2.14 bits per heavy atom. The van der Waals surface area contributed by atoms with Crippen LogP contribution in [0.1, 0.15) is 10.5 Å². The molecule has 3 rings (SSSR count). The summed E-state index contributed by atoms with van der Waals surface area (Å²) in [5, 5.41) is 12.2. The summed E-state index contributed by atoms with van der Waals surface area (Å²) >= 11 is 1.43. The third kappa shape index (κ3) is 3.40. The molecule has 0 bridgehead atoms. The van der Waals surface area contributed by atoms with E-state index in [2.05, 4.69) is 14.8 Å². The average molecular weight is 326 g/mol. The molecule has 0 unspecified atom stereocenters. The number of aliphatic hydroxyl groups is 1. The summed E-state index contributed by atoms with van der Waals surface area (Å²) in [7, 11) is 0. The van der Waals surface area contributed by atoms with Gasteiger partial charge in [0.15, 0.2) is 5.13 Å².